The summed E-state index contributed by atoms with van der Waals surface area (Å²) < 4.78 is 0. The van der Waals surface area contributed by atoms with Crippen LogP contribution >= 0.6 is 0 Å². The molecule has 23 heavy (non-hydrogen) atoms. The average Bonchev–Trinajstić information content (AvgIpc) is 2.62. The molecule has 1 aliphatic heterocycles. The second-order valence-corrected chi connectivity index (χ2v) is 5.66. The molecular weight excluding hydrogens is 286 g/mol. The zero-order valence-electron chi connectivity index (χ0n) is 12.6. The molecule has 0 fully saturated rings. The summed E-state index contributed by atoms with van der Waals surface area (Å²) in [5.41, 5.74) is 9.73. The highest BCUT2D eigenvalue weighted by molar-refractivity contribution is 5.56. The Hall–Kier alpha value is -2.79. The summed E-state index contributed by atoms with van der Waals surface area (Å²) in [5.74, 6) is 1.35. The van der Waals surface area contributed by atoms with E-state index in [4.69, 9.17) is 5.73 Å². The molecule has 2 aromatic carbocycles. The second-order valence-electron chi connectivity index (χ2n) is 5.66. The van der Waals surface area contributed by atoms with Crippen molar-refractivity contribution in [1.82, 2.24) is 15.0 Å². The number of nitrogens with two attached hydrogens (primary N) is 1. The summed E-state index contributed by atoms with van der Waals surface area (Å²) >= 11 is 0. The number of hydrogen-bond acceptors (Lipinski definition) is 5. The minimum Gasteiger partial charge on any atom is -0.334 e. The van der Waals surface area contributed by atoms with Crippen LogP contribution in [0.2, 0.25) is 0 Å². The van der Waals surface area contributed by atoms with Crippen LogP contribution < -0.4 is 10.6 Å². The summed E-state index contributed by atoms with van der Waals surface area (Å²) in [5, 5.41) is 0. The van der Waals surface area contributed by atoms with E-state index in [-0.39, 0.29) is 6.04 Å². The maximum atomic E-state index is 6.31. The molecule has 5 nitrogen and oxygen atoms in total. The highest BCUT2D eigenvalue weighted by atomic mass is 15.3. The van der Waals surface area contributed by atoms with Crippen molar-refractivity contribution in [2.45, 2.75) is 12.6 Å². The van der Waals surface area contributed by atoms with E-state index in [2.05, 4.69) is 32.0 Å². The lowest BCUT2D eigenvalue weighted by Crippen LogP contribution is -2.38. The Morgan fingerprint density at radius 2 is 1.74 bits per heavy atom. The Morgan fingerprint density at radius 1 is 0.957 bits per heavy atom. The largest absolute Gasteiger partial charge is 0.334 e. The van der Waals surface area contributed by atoms with E-state index in [0.29, 0.717) is 18.3 Å². The summed E-state index contributed by atoms with van der Waals surface area (Å²) in [4.78, 5) is 15.4. The number of hydrogen-bond donors (Lipinski definition) is 1. The van der Waals surface area contributed by atoms with E-state index in [1.54, 1.807) is 6.33 Å². The molecule has 0 spiro atoms. The van der Waals surface area contributed by atoms with Gasteiger partial charge in [-0.15, -0.1) is 0 Å². The van der Waals surface area contributed by atoms with Crippen LogP contribution in [-0.4, -0.2) is 21.5 Å². The summed E-state index contributed by atoms with van der Waals surface area (Å²) in [7, 11) is 0. The molecule has 0 aliphatic carbocycles. The molecule has 114 valence electrons. The maximum absolute atomic E-state index is 6.31. The van der Waals surface area contributed by atoms with Crippen LogP contribution in [0.4, 0.5) is 5.95 Å². The molecule has 0 amide bonds. The normalized spacial score (nSPS) is 16.9. The lowest BCUT2D eigenvalue weighted by atomic mass is 9.96. The van der Waals surface area contributed by atoms with Crippen LogP contribution in [0.1, 0.15) is 17.2 Å². The standard InChI is InChI=1S/C18H17N5/c19-16-11-23(10-14-8-4-5-9-15(14)16)18-21-12-20-17(22-18)13-6-2-1-3-7-13/h1-9,12,16H,10-11,19H2. The molecule has 4 rings (SSSR count). The Balaban J connectivity index is 1.67. The molecule has 0 saturated heterocycles. The fourth-order valence-corrected chi connectivity index (χ4v) is 2.96. The monoisotopic (exact) mass is 303 g/mol. The van der Waals surface area contributed by atoms with Crippen molar-refractivity contribution in [1.29, 1.82) is 0 Å². The Morgan fingerprint density at radius 3 is 2.61 bits per heavy atom. The van der Waals surface area contributed by atoms with Crippen molar-refractivity contribution in [3.8, 4) is 11.4 Å². The number of anilines is 1. The number of benzene rings is 2. The molecule has 5 heteroatoms. The first-order chi connectivity index (χ1) is 11.3. The van der Waals surface area contributed by atoms with Gasteiger partial charge in [0.1, 0.15) is 6.33 Å². The van der Waals surface area contributed by atoms with Gasteiger partial charge in [0.25, 0.3) is 0 Å². The van der Waals surface area contributed by atoms with Gasteiger partial charge in [-0.2, -0.15) is 4.98 Å². The van der Waals surface area contributed by atoms with E-state index in [0.717, 1.165) is 12.1 Å². The molecule has 2 heterocycles. The van der Waals surface area contributed by atoms with E-state index in [1.165, 1.54) is 11.1 Å². The Kier molecular flexibility index (Phi) is 3.48. The highest BCUT2D eigenvalue weighted by Gasteiger charge is 2.24. The summed E-state index contributed by atoms with van der Waals surface area (Å²) in [6.45, 7) is 1.47. The van der Waals surface area contributed by atoms with Gasteiger partial charge in [0.15, 0.2) is 5.82 Å². The van der Waals surface area contributed by atoms with Gasteiger partial charge in [0, 0.05) is 24.7 Å². The first-order valence-corrected chi connectivity index (χ1v) is 7.64. The van der Waals surface area contributed by atoms with Crippen molar-refractivity contribution in [2.75, 3.05) is 11.4 Å². The van der Waals surface area contributed by atoms with Crippen molar-refractivity contribution in [3.05, 3.63) is 72.1 Å². The Labute approximate surface area is 134 Å². The first kappa shape index (κ1) is 13.8. The molecule has 2 N–H and O–H groups in total. The fourth-order valence-electron chi connectivity index (χ4n) is 2.96. The third kappa shape index (κ3) is 2.66. The molecule has 1 unspecified atom stereocenters. The van der Waals surface area contributed by atoms with E-state index >= 15 is 0 Å². The van der Waals surface area contributed by atoms with Crippen LogP contribution in [-0.2, 0) is 6.54 Å². The quantitative estimate of drug-likeness (QED) is 0.788. The third-order valence-corrected chi connectivity index (χ3v) is 4.11. The van der Waals surface area contributed by atoms with E-state index < -0.39 is 0 Å². The van der Waals surface area contributed by atoms with Crippen LogP contribution in [0.25, 0.3) is 11.4 Å². The topological polar surface area (TPSA) is 67.9 Å². The number of nitrogens with zero attached hydrogens (tertiary/aromatic N) is 4. The van der Waals surface area contributed by atoms with Gasteiger partial charge in [0.2, 0.25) is 5.95 Å². The molecule has 1 atom stereocenters. The summed E-state index contributed by atoms with van der Waals surface area (Å²) in [6.07, 6.45) is 1.57. The van der Waals surface area contributed by atoms with E-state index in [9.17, 15) is 0 Å². The fraction of sp³-hybridized carbons (Fsp3) is 0.167. The van der Waals surface area contributed by atoms with Crippen LogP contribution in [0.5, 0.6) is 0 Å². The lowest BCUT2D eigenvalue weighted by Gasteiger charge is -2.32. The minimum absolute atomic E-state index is 0.0307. The number of rotatable bonds is 2. The first-order valence-electron chi connectivity index (χ1n) is 7.64. The predicted molar refractivity (Wildman–Crippen MR) is 89.7 cm³/mol. The molecule has 3 aromatic rings. The van der Waals surface area contributed by atoms with Gasteiger partial charge >= 0.3 is 0 Å². The minimum atomic E-state index is -0.0307. The zero-order valence-corrected chi connectivity index (χ0v) is 12.6. The number of fused-ring (bicyclic) bond motifs is 1. The second kappa shape index (κ2) is 5.78. The molecule has 0 saturated carbocycles. The van der Waals surface area contributed by atoms with Crippen molar-refractivity contribution >= 4 is 5.95 Å². The predicted octanol–water partition coefficient (Wildman–Crippen LogP) is 2.56. The lowest BCUT2D eigenvalue weighted by molar-refractivity contribution is 0.606. The molecule has 1 aromatic heterocycles. The molecular formula is C18H17N5. The van der Waals surface area contributed by atoms with Gasteiger partial charge in [-0.05, 0) is 11.1 Å². The van der Waals surface area contributed by atoms with Crippen LogP contribution in [0, 0.1) is 0 Å². The van der Waals surface area contributed by atoms with Crippen LogP contribution in [0.3, 0.4) is 0 Å². The number of aromatic nitrogens is 3. The van der Waals surface area contributed by atoms with Crippen molar-refractivity contribution < 1.29 is 0 Å². The van der Waals surface area contributed by atoms with Gasteiger partial charge < -0.3 is 10.6 Å². The molecule has 0 bridgehead atoms. The molecule has 1 aliphatic rings. The van der Waals surface area contributed by atoms with Gasteiger partial charge in [-0.3, -0.25) is 0 Å². The maximum Gasteiger partial charge on any atom is 0.229 e. The smallest absolute Gasteiger partial charge is 0.229 e. The summed E-state index contributed by atoms with van der Waals surface area (Å²) in [6, 6.07) is 18.2. The Bertz CT molecular complexity index is 818. The molecule has 0 radical (unpaired) electrons. The third-order valence-electron chi connectivity index (χ3n) is 4.11. The van der Waals surface area contributed by atoms with Gasteiger partial charge in [0.05, 0.1) is 0 Å². The van der Waals surface area contributed by atoms with Gasteiger partial charge in [-0.1, -0.05) is 54.6 Å². The van der Waals surface area contributed by atoms with E-state index in [1.807, 2.05) is 42.5 Å². The highest BCUT2D eigenvalue weighted by Crippen LogP contribution is 2.27. The zero-order chi connectivity index (χ0) is 15.6. The van der Waals surface area contributed by atoms with Gasteiger partial charge in [-0.25, -0.2) is 9.97 Å². The van der Waals surface area contributed by atoms with Crippen LogP contribution in [0.15, 0.2) is 60.9 Å². The van der Waals surface area contributed by atoms with Crippen molar-refractivity contribution in [2.24, 2.45) is 5.73 Å². The average molecular weight is 303 g/mol. The SMILES string of the molecule is NC1CN(c2ncnc(-c3ccccc3)n2)Cc2ccccc21. The van der Waals surface area contributed by atoms with Crippen molar-refractivity contribution in [3.63, 3.8) is 0 Å².